The van der Waals surface area contributed by atoms with Gasteiger partial charge in [-0.3, -0.25) is 4.98 Å². The van der Waals surface area contributed by atoms with E-state index in [1.165, 1.54) is 0 Å². The van der Waals surface area contributed by atoms with E-state index in [0.717, 1.165) is 11.1 Å². The van der Waals surface area contributed by atoms with Gasteiger partial charge in [-0.1, -0.05) is 44.0 Å². The molecule has 0 saturated carbocycles. The van der Waals surface area contributed by atoms with Crippen LogP contribution in [0.2, 0.25) is 0 Å². The van der Waals surface area contributed by atoms with Crippen LogP contribution >= 0.6 is 7.60 Å². The molecule has 1 aromatic carbocycles. The fraction of sp³-hybridized carbons (Fsp3) is 0.0833. The van der Waals surface area contributed by atoms with Crippen molar-refractivity contribution in [3.63, 3.8) is 0 Å². The molecule has 1 aromatic heterocycles. The Morgan fingerprint density at radius 3 is 2.05 bits per heavy atom. The Morgan fingerprint density at radius 2 is 1.58 bits per heavy atom. The normalized spacial score (nSPS) is 10.2. The van der Waals surface area contributed by atoms with Crippen molar-refractivity contribution in [3.8, 4) is 11.1 Å². The van der Waals surface area contributed by atoms with Crippen LogP contribution in [0.4, 0.5) is 0 Å². The van der Waals surface area contributed by atoms with E-state index < -0.39 is 13.8 Å². The zero-order valence-corrected chi connectivity index (χ0v) is 15.8. The van der Waals surface area contributed by atoms with Gasteiger partial charge in [-0.25, -0.2) is 0 Å². The Hall–Kier alpha value is 0.520. The zero-order valence-electron chi connectivity index (χ0n) is 10.9. The minimum Gasteiger partial charge on any atom is -0.810 e. The number of hydrogen-bond donors (Lipinski definition) is 0. The summed E-state index contributed by atoms with van der Waals surface area (Å²) >= 11 is 0. The van der Waals surface area contributed by atoms with E-state index in [1.807, 2.05) is 30.3 Å². The molecule has 19 heavy (non-hydrogen) atoms. The molecule has 88 valence electrons. The van der Waals surface area contributed by atoms with Gasteiger partial charge in [0.25, 0.3) is 0 Å². The van der Waals surface area contributed by atoms with Crippen LogP contribution in [-0.4, -0.2) is 4.98 Å². The van der Waals surface area contributed by atoms with Crippen LogP contribution in [0.5, 0.6) is 0 Å². The van der Waals surface area contributed by atoms with Crippen LogP contribution in [0.3, 0.4) is 0 Å². The number of rotatable bonds is 3. The molecule has 0 spiro atoms. The molecule has 4 nitrogen and oxygen atoms in total. The summed E-state index contributed by atoms with van der Waals surface area (Å²) in [5, 5.41) is 0. The second-order valence-corrected chi connectivity index (χ2v) is 5.21. The average molecular weight is 293 g/mol. The summed E-state index contributed by atoms with van der Waals surface area (Å²) in [5.41, 5.74) is 2.16. The summed E-state index contributed by atoms with van der Waals surface area (Å²) in [4.78, 5) is 25.1. The Morgan fingerprint density at radius 1 is 0.947 bits per heavy atom. The van der Waals surface area contributed by atoms with Gasteiger partial charge in [0.15, 0.2) is 0 Å². The molecule has 0 saturated heterocycles. The third kappa shape index (κ3) is 6.67. The topological polar surface area (TPSA) is 76.1 Å². The second kappa shape index (κ2) is 8.73. The molecular formula is C12H10NNa2O3P. The molecule has 0 N–H and O–H groups in total. The third-order valence-electron chi connectivity index (χ3n) is 2.29. The van der Waals surface area contributed by atoms with E-state index >= 15 is 0 Å². The van der Waals surface area contributed by atoms with Gasteiger partial charge in [0, 0.05) is 23.6 Å². The van der Waals surface area contributed by atoms with Gasteiger partial charge in [-0.05, 0) is 11.6 Å². The van der Waals surface area contributed by atoms with Gasteiger partial charge in [0.05, 0.1) is 0 Å². The predicted molar refractivity (Wildman–Crippen MR) is 61.0 cm³/mol. The van der Waals surface area contributed by atoms with E-state index in [0.29, 0.717) is 0 Å². The van der Waals surface area contributed by atoms with E-state index in [1.54, 1.807) is 18.3 Å². The molecule has 0 radical (unpaired) electrons. The first kappa shape index (κ1) is 19.5. The number of benzene rings is 1. The standard InChI is InChI=1S/C12H12NO3P.2Na/c14-17(15,16)9-12-7-6-11(8-13-12)10-4-2-1-3-5-10;;/h1-8H,9H2,(H2,14,15,16);;/q;2*+1/p-2. The Bertz CT molecular complexity index is 543. The SMILES string of the molecule is O=P([O-])([O-])Cc1ccc(-c2ccccc2)cn1.[Na+].[Na+]. The van der Waals surface area contributed by atoms with Crippen molar-refractivity contribution in [2.45, 2.75) is 6.16 Å². The third-order valence-corrected chi connectivity index (χ3v) is 3.00. The molecule has 0 atom stereocenters. The molecule has 1 heterocycles. The molecule has 2 rings (SSSR count). The maximum Gasteiger partial charge on any atom is 1.00 e. The van der Waals surface area contributed by atoms with Crippen molar-refractivity contribution in [1.29, 1.82) is 0 Å². The quantitative estimate of drug-likeness (QED) is 0.420. The van der Waals surface area contributed by atoms with Gasteiger partial charge < -0.3 is 14.4 Å². The van der Waals surface area contributed by atoms with E-state index in [2.05, 4.69) is 4.98 Å². The summed E-state index contributed by atoms with van der Waals surface area (Å²) in [7, 11) is -4.54. The Labute approximate surface area is 156 Å². The molecule has 0 aliphatic rings. The van der Waals surface area contributed by atoms with Crippen molar-refractivity contribution in [2.75, 3.05) is 0 Å². The Kier molecular flexibility index (Phi) is 8.97. The van der Waals surface area contributed by atoms with Crippen molar-refractivity contribution >= 4 is 7.60 Å². The van der Waals surface area contributed by atoms with Crippen molar-refractivity contribution in [1.82, 2.24) is 4.98 Å². The van der Waals surface area contributed by atoms with Crippen molar-refractivity contribution in [3.05, 3.63) is 54.4 Å². The molecule has 0 unspecified atom stereocenters. The number of pyridine rings is 1. The van der Waals surface area contributed by atoms with Crippen LogP contribution in [0.25, 0.3) is 11.1 Å². The molecule has 0 fully saturated rings. The average Bonchev–Trinajstić information content (AvgIpc) is 2.29. The number of hydrogen-bond acceptors (Lipinski definition) is 4. The van der Waals surface area contributed by atoms with Gasteiger partial charge in [0.2, 0.25) is 0 Å². The van der Waals surface area contributed by atoms with E-state index in [4.69, 9.17) is 0 Å². The summed E-state index contributed by atoms with van der Waals surface area (Å²) in [5.74, 6) is 0. The largest absolute Gasteiger partial charge is 1.00 e. The maximum absolute atomic E-state index is 10.6. The molecule has 0 aliphatic heterocycles. The molecular weight excluding hydrogens is 283 g/mol. The molecule has 0 amide bonds. The summed E-state index contributed by atoms with van der Waals surface area (Å²) in [6, 6.07) is 12.9. The van der Waals surface area contributed by atoms with Gasteiger partial charge >= 0.3 is 59.1 Å². The first-order valence-electron chi connectivity index (χ1n) is 5.06. The Balaban J connectivity index is 0.00000162. The fourth-order valence-electron chi connectivity index (χ4n) is 1.52. The monoisotopic (exact) mass is 293 g/mol. The van der Waals surface area contributed by atoms with E-state index in [-0.39, 0.29) is 64.8 Å². The molecule has 0 aliphatic carbocycles. The minimum absolute atomic E-state index is 0. The van der Waals surface area contributed by atoms with Crippen LogP contribution in [0.1, 0.15) is 5.69 Å². The molecule has 2 aromatic rings. The molecule has 0 bridgehead atoms. The van der Waals surface area contributed by atoms with Gasteiger partial charge in [-0.2, -0.15) is 0 Å². The summed E-state index contributed by atoms with van der Waals surface area (Å²) in [6.07, 6.45) is 1.03. The summed E-state index contributed by atoms with van der Waals surface area (Å²) < 4.78 is 10.6. The first-order valence-corrected chi connectivity index (χ1v) is 6.79. The minimum atomic E-state index is -4.54. The maximum atomic E-state index is 10.6. The van der Waals surface area contributed by atoms with E-state index in [9.17, 15) is 14.4 Å². The van der Waals surface area contributed by atoms with Gasteiger partial charge in [0.1, 0.15) is 0 Å². The van der Waals surface area contributed by atoms with Crippen LogP contribution in [0, 0.1) is 0 Å². The summed E-state index contributed by atoms with van der Waals surface area (Å²) in [6.45, 7) is 0. The van der Waals surface area contributed by atoms with Crippen molar-refractivity contribution in [2.24, 2.45) is 0 Å². The molecule has 7 heteroatoms. The fourth-order valence-corrected chi connectivity index (χ4v) is 2.10. The van der Waals surface area contributed by atoms with Gasteiger partial charge in [-0.15, -0.1) is 0 Å². The van der Waals surface area contributed by atoms with Crippen molar-refractivity contribution < 1.29 is 73.5 Å². The number of aromatic nitrogens is 1. The zero-order chi connectivity index (χ0) is 12.3. The predicted octanol–water partition coefficient (Wildman–Crippen LogP) is -4.83. The number of nitrogens with zero attached hydrogens (tertiary/aromatic N) is 1. The second-order valence-electron chi connectivity index (χ2n) is 3.67. The van der Waals surface area contributed by atoms with Crippen LogP contribution < -0.4 is 68.9 Å². The van der Waals surface area contributed by atoms with Crippen LogP contribution in [0.15, 0.2) is 48.7 Å². The first-order chi connectivity index (χ1) is 8.04. The van der Waals surface area contributed by atoms with Crippen LogP contribution in [-0.2, 0) is 10.7 Å². The smallest absolute Gasteiger partial charge is 0.810 e.